The summed E-state index contributed by atoms with van der Waals surface area (Å²) in [6.45, 7) is 6.03. The fourth-order valence-corrected chi connectivity index (χ4v) is 4.06. The van der Waals surface area contributed by atoms with Crippen molar-refractivity contribution < 1.29 is 9.53 Å². The van der Waals surface area contributed by atoms with Gasteiger partial charge >= 0.3 is 0 Å². The molecule has 0 spiro atoms. The van der Waals surface area contributed by atoms with E-state index in [4.69, 9.17) is 4.74 Å². The average molecular weight is 340 g/mol. The molecule has 0 aliphatic carbocycles. The Morgan fingerprint density at radius 1 is 1.24 bits per heavy atom. The summed E-state index contributed by atoms with van der Waals surface area (Å²) in [4.78, 5) is 19.6. The summed E-state index contributed by atoms with van der Waals surface area (Å²) in [6, 6.07) is 8.12. The number of aryl methyl sites for hydroxylation is 2. The van der Waals surface area contributed by atoms with Crippen molar-refractivity contribution in [3.05, 3.63) is 41.5 Å². The van der Waals surface area contributed by atoms with E-state index in [0.717, 1.165) is 48.8 Å². The van der Waals surface area contributed by atoms with E-state index in [0.29, 0.717) is 13.2 Å². The molecule has 25 heavy (non-hydrogen) atoms. The minimum atomic E-state index is -0.0951. The molecule has 1 saturated heterocycles. The number of piperidine rings is 1. The maximum atomic E-state index is 13.2. The summed E-state index contributed by atoms with van der Waals surface area (Å²) in [7, 11) is 0. The number of hydrogen-bond donors (Lipinski definition) is 0. The second-order valence-corrected chi connectivity index (χ2v) is 6.96. The van der Waals surface area contributed by atoms with Gasteiger partial charge in [-0.15, -0.1) is 0 Å². The molecule has 0 bridgehead atoms. The number of nitrogens with zero attached hydrogens (tertiary/aromatic N) is 4. The largest absolute Gasteiger partial charge is 0.493 e. The molecule has 2 aliphatic rings. The van der Waals surface area contributed by atoms with Gasteiger partial charge in [-0.25, -0.2) is 9.67 Å². The van der Waals surface area contributed by atoms with E-state index in [9.17, 15) is 4.79 Å². The highest BCUT2D eigenvalue weighted by Gasteiger charge is 2.34. The molecule has 132 valence electrons. The van der Waals surface area contributed by atoms with E-state index in [-0.39, 0.29) is 17.9 Å². The summed E-state index contributed by atoms with van der Waals surface area (Å²) >= 11 is 0. The summed E-state index contributed by atoms with van der Waals surface area (Å²) in [5.41, 5.74) is 1.02. The van der Waals surface area contributed by atoms with Gasteiger partial charge in [-0.3, -0.25) is 4.79 Å². The maximum Gasteiger partial charge on any atom is 0.230 e. The van der Waals surface area contributed by atoms with Crippen LogP contribution in [0.25, 0.3) is 0 Å². The van der Waals surface area contributed by atoms with Crippen LogP contribution in [0.1, 0.15) is 48.4 Å². The van der Waals surface area contributed by atoms with Crippen molar-refractivity contribution in [3.8, 4) is 5.75 Å². The Bertz CT molecular complexity index is 785. The van der Waals surface area contributed by atoms with Crippen LogP contribution in [0.4, 0.5) is 0 Å². The molecular weight excluding hydrogens is 316 g/mol. The number of amides is 1. The molecule has 1 aromatic carbocycles. The van der Waals surface area contributed by atoms with Gasteiger partial charge in [-0.05, 0) is 39.2 Å². The quantitative estimate of drug-likeness (QED) is 0.843. The summed E-state index contributed by atoms with van der Waals surface area (Å²) < 4.78 is 7.70. The Labute approximate surface area is 147 Å². The molecule has 2 atom stereocenters. The lowest BCUT2D eigenvalue weighted by Gasteiger charge is -2.36. The molecule has 1 fully saturated rings. The van der Waals surface area contributed by atoms with Gasteiger partial charge in [0.05, 0.1) is 18.6 Å². The average Bonchev–Trinajstić information content (AvgIpc) is 2.99. The minimum absolute atomic E-state index is 0.0951. The fraction of sp³-hybridized carbons (Fsp3) is 0.526. The van der Waals surface area contributed by atoms with Gasteiger partial charge in [0.25, 0.3) is 0 Å². The summed E-state index contributed by atoms with van der Waals surface area (Å²) in [5, 5.41) is 4.52. The highest BCUT2D eigenvalue weighted by Crippen LogP contribution is 2.35. The number of para-hydroxylation sites is 1. The van der Waals surface area contributed by atoms with Gasteiger partial charge in [0, 0.05) is 18.7 Å². The van der Waals surface area contributed by atoms with Gasteiger partial charge < -0.3 is 9.64 Å². The molecule has 0 unspecified atom stereocenters. The van der Waals surface area contributed by atoms with E-state index < -0.39 is 0 Å². The summed E-state index contributed by atoms with van der Waals surface area (Å²) in [6.07, 6.45) is 2.79. The van der Waals surface area contributed by atoms with Crippen LogP contribution >= 0.6 is 0 Å². The Balaban J connectivity index is 1.54. The fourth-order valence-electron chi connectivity index (χ4n) is 4.06. The minimum Gasteiger partial charge on any atom is -0.493 e. The highest BCUT2D eigenvalue weighted by atomic mass is 16.5. The van der Waals surface area contributed by atoms with Crippen LogP contribution in [0.3, 0.4) is 0 Å². The van der Waals surface area contributed by atoms with E-state index in [2.05, 4.69) is 10.1 Å². The molecule has 2 aliphatic heterocycles. The SMILES string of the molecule is Cc1nc(C)n([C@H]2CCCN(C(=O)[C@@H]3CCOc4ccccc43)C2)n1. The molecular formula is C19H24N4O2. The van der Waals surface area contributed by atoms with Crippen molar-refractivity contribution in [2.24, 2.45) is 0 Å². The molecule has 6 nitrogen and oxygen atoms in total. The normalized spacial score (nSPS) is 23.0. The van der Waals surface area contributed by atoms with Gasteiger partial charge in [-0.2, -0.15) is 5.10 Å². The van der Waals surface area contributed by atoms with E-state index >= 15 is 0 Å². The zero-order valence-electron chi connectivity index (χ0n) is 14.8. The lowest BCUT2D eigenvalue weighted by molar-refractivity contribution is -0.135. The number of rotatable bonds is 2. The summed E-state index contributed by atoms with van der Waals surface area (Å²) in [5.74, 6) is 2.69. The number of fused-ring (bicyclic) bond motifs is 1. The topological polar surface area (TPSA) is 60.2 Å². The Hall–Kier alpha value is -2.37. The zero-order valence-corrected chi connectivity index (χ0v) is 14.8. The van der Waals surface area contributed by atoms with Gasteiger partial charge in [0.15, 0.2) is 0 Å². The highest BCUT2D eigenvalue weighted by molar-refractivity contribution is 5.85. The van der Waals surface area contributed by atoms with Crippen LogP contribution < -0.4 is 4.74 Å². The number of hydrogen-bond acceptors (Lipinski definition) is 4. The number of benzene rings is 1. The van der Waals surface area contributed by atoms with Crippen molar-refractivity contribution in [2.75, 3.05) is 19.7 Å². The van der Waals surface area contributed by atoms with Crippen LogP contribution in [0.2, 0.25) is 0 Å². The smallest absolute Gasteiger partial charge is 0.230 e. The van der Waals surface area contributed by atoms with Crippen LogP contribution in [-0.4, -0.2) is 45.3 Å². The third kappa shape index (κ3) is 3.01. The van der Waals surface area contributed by atoms with Gasteiger partial charge in [0.1, 0.15) is 17.4 Å². The first kappa shape index (κ1) is 16.1. The first-order chi connectivity index (χ1) is 12.1. The van der Waals surface area contributed by atoms with Gasteiger partial charge in [-0.1, -0.05) is 18.2 Å². The van der Waals surface area contributed by atoms with E-state index in [1.54, 1.807) is 0 Å². The molecule has 1 amide bonds. The predicted octanol–water partition coefficient (Wildman–Crippen LogP) is 2.62. The van der Waals surface area contributed by atoms with Crippen molar-refractivity contribution in [1.82, 2.24) is 19.7 Å². The van der Waals surface area contributed by atoms with Crippen LogP contribution in [0.5, 0.6) is 5.75 Å². The van der Waals surface area contributed by atoms with Crippen molar-refractivity contribution in [2.45, 2.75) is 45.1 Å². The van der Waals surface area contributed by atoms with Crippen molar-refractivity contribution in [3.63, 3.8) is 0 Å². The van der Waals surface area contributed by atoms with E-state index in [1.165, 1.54) is 0 Å². The second kappa shape index (κ2) is 6.50. The Morgan fingerprint density at radius 2 is 2.08 bits per heavy atom. The third-order valence-corrected chi connectivity index (χ3v) is 5.22. The molecule has 1 aromatic heterocycles. The van der Waals surface area contributed by atoms with Crippen molar-refractivity contribution >= 4 is 5.91 Å². The number of aromatic nitrogens is 3. The number of carbonyl (C=O) groups is 1. The molecule has 0 saturated carbocycles. The predicted molar refractivity (Wildman–Crippen MR) is 93.6 cm³/mol. The van der Waals surface area contributed by atoms with Gasteiger partial charge in [0.2, 0.25) is 5.91 Å². The first-order valence-corrected chi connectivity index (χ1v) is 9.04. The monoisotopic (exact) mass is 340 g/mol. The number of likely N-dealkylation sites (tertiary alicyclic amines) is 1. The Morgan fingerprint density at radius 3 is 2.88 bits per heavy atom. The van der Waals surface area contributed by atoms with Crippen LogP contribution in [0.15, 0.2) is 24.3 Å². The molecule has 6 heteroatoms. The standard InChI is InChI=1S/C19H24N4O2/c1-13-20-14(2)23(21-13)15-6-5-10-22(12-15)19(24)17-9-11-25-18-8-4-3-7-16(17)18/h3-4,7-8,15,17H,5-6,9-12H2,1-2H3/t15-,17+/m0/s1. The molecule has 4 rings (SSSR count). The molecule has 2 aromatic rings. The van der Waals surface area contributed by atoms with Crippen molar-refractivity contribution in [1.29, 1.82) is 0 Å². The molecule has 0 radical (unpaired) electrons. The van der Waals surface area contributed by atoms with Crippen LogP contribution in [0, 0.1) is 13.8 Å². The maximum absolute atomic E-state index is 13.2. The first-order valence-electron chi connectivity index (χ1n) is 9.04. The van der Waals surface area contributed by atoms with Crippen LogP contribution in [-0.2, 0) is 4.79 Å². The second-order valence-electron chi connectivity index (χ2n) is 6.96. The van der Waals surface area contributed by atoms with E-state index in [1.807, 2.05) is 47.7 Å². The number of carbonyl (C=O) groups excluding carboxylic acids is 1. The molecule has 3 heterocycles. The third-order valence-electron chi connectivity index (χ3n) is 5.22. The lowest BCUT2D eigenvalue weighted by atomic mass is 9.91. The Kier molecular flexibility index (Phi) is 4.19. The molecule has 0 N–H and O–H groups in total. The number of ether oxygens (including phenoxy) is 1. The lowest BCUT2D eigenvalue weighted by Crippen LogP contribution is -2.44. The zero-order chi connectivity index (χ0) is 17.4.